The Bertz CT molecular complexity index is 1170. The van der Waals surface area contributed by atoms with Crippen molar-refractivity contribution in [2.45, 2.75) is 0 Å². The Morgan fingerprint density at radius 1 is 0.759 bits per heavy atom. The van der Waals surface area contributed by atoms with Crippen LogP contribution in [0.25, 0.3) is 11.1 Å². The van der Waals surface area contributed by atoms with E-state index in [2.05, 4.69) is 10.5 Å². The van der Waals surface area contributed by atoms with Gasteiger partial charge in [-0.05, 0) is 41.5 Å². The van der Waals surface area contributed by atoms with Crippen molar-refractivity contribution in [1.29, 1.82) is 0 Å². The van der Waals surface area contributed by atoms with Crippen LogP contribution < -0.4 is 5.43 Å². The van der Waals surface area contributed by atoms with Gasteiger partial charge in [-0.25, -0.2) is 8.78 Å². The summed E-state index contributed by atoms with van der Waals surface area (Å²) in [5.74, 6) is -1.04. The second-order valence-electron chi connectivity index (χ2n) is 6.17. The van der Waals surface area contributed by atoms with Gasteiger partial charge in [0.05, 0.1) is 21.6 Å². The molecule has 4 rings (SSSR count). The summed E-state index contributed by atoms with van der Waals surface area (Å²) < 4.78 is 27.6. The molecule has 0 atom stereocenters. The SMILES string of the molecule is O=[N+]([O-])c1ccc(NN=C2c3cc(F)ccc3-c3ccc(F)cc32)c([N+](=O)[O-])c1. The first-order valence-electron chi connectivity index (χ1n) is 8.22. The molecule has 144 valence electrons. The normalized spacial score (nSPS) is 11.6. The minimum absolute atomic E-state index is 0.101. The summed E-state index contributed by atoms with van der Waals surface area (Å²) in [5.41, 5.74) is 3.65. The summed E-state index contributed by atoms with van der Waals surface area (Å²) in [6, 6.07) is 11.1. The molecule has 0 fully saturated rings. The number of nitro benzene ring substituents is 2. The Hall–Kier alpha value is -4.21. The molecule has 0 saturated carbocycles. The number of nitrogens with one attached hydrogen (secondary N) is 1. The van der Waals surface area contributed by atoms with Gasteiger partial charge in [-0.1, -0.05) is 12.1 Å². The highest BCUT2D eigenvalue weighted by atomic mass is 19.1. The predicted octanol–water partition coefficient (Wildman–Crippen LogP) is 4.63. The second-order valence-corrected chi connectivity index (χ2v) is 6.17. The highest BCUT2D eigenvalue weighted by molar-refractivity contribution is 6.24. The molecule has 3 aromatic carbocycles. The molecule has 29 heavy (non-hydrogen) atoms. The number of benzene rings is 3. The van der Waals surface area contributed by atoms with E-state index in [0.29, 0.717) is 22.3 Å². The number of hydrogen-bond donors (Lipinski definition) is 1. The fraction of sp³-hybridized carbons (Fsp3) is 0. The maximum Gasteiger partial charge on any atom is 0.301 e. The third-order valence-corrected chi connectivity index (χ3v) is 4.44. The maximum absolute atomic E-state index is 13.8. The van der Waals surface area contributed by atoms with Crippen molar-refractivity contribution in [2.75, 3.05) is 5.43 Å². The lowest BCUT2D eigenvalue weighted by Gasteiger charge is -2.05. The van der Waals surface area contributed by atoms with Crippen molar-refractivity contribution in [3.63, 3.8) is 0 Å². The number of anilines is 1. The molecule has 0 aliphatic heterocycles. The Labute approximate surface area is 161 Å². The Balaban J connectivity index is 1.82. The minimum atomic E-state index is -0.786. The average Bonchev–Trinajstić information content (AvgIpc) is 2.97. The van der Waals surface area contributed by atoms with E-state index in [-0.39, 0.29) is 11.4 Å². The lowest BCUT2D eigenvalue weighted by atomic mass is 10.1. The van der Waals surface area contributed by atoms with Gasteiger partial charge in [0.25, 0.3) is 5.69 Å². The van der Waals surface area contributed by atoms with Gasteiger partial charge in [-0.3, -0.25) is 25.7 Å². The standard InChI is InChI=1S/C19H10F2N4O4/c20-10-1-4-13-14-5-2-11(21)8-16(14)19(15(13)7-10)23-22-17-6-3-12(24(26)27)9-18(17)25(28)29/h1-9,22H. The lowest BCUT2D eigenvalue weighted by Crippen LogP contribution is -2.05. The monoisotopic (exact) mass is 396 g/mol. The van der Waals surface area contributed by atoms with E-state index in [0.717, 1.165) is 18.2 Å². The van der Waals surface area contributed by atoms with Crippen LogP contribution in [-0.2, 0) is 0 Å². The first-order chi connectivity index (χ1) is 13.8. The number of hydrazone groups is 1. The van der Waals surface area contributed by atoms with Crippen LogP contribution in [0.1, 0.15) is 11.1 Å². The zero-order valence-electron chi connectivity index (χ0n) is 14.4. The van der Waals surface area contributed by atoms with Crippen LogP contribution in [-0.4, -0.2) is 15.6 Å². The number of non-ortho nitro benzene ring substituents is 1. The molecule has 1 aliphatic carbocycles. The molecule has 0 saturated heterocycles. The first kappa shape index (κ1) is 18.2. The van der Waals surface area contributed by atoms with Gasteiger partial charge < -0.3 is 0 Å². The van der Waals surface area contributed by atoms with E-state index in [1.807, 2.05) is 0 Å². The predicted molar refractivity (Wildman–Crippen MR) is 101 cm³/mol. The first-order valence-corrected chi connectivity index (χ1v) is 8.22. The van der Waals surface area contributed by atoms with Gasteiger partial charge in [0, 0.05) is 17.2 Å². The van der Waals surface area contributed by atoms with Crippen LogP contribution >= 0.6 is 0 Å². The van der Waals surface area contributed by atoms with Gasteiger partial charge in [-0.15, -0.1) is 0 Å². The maximum atomic E-state index is 13.8. The number of nitro groups is 2. The molecule has 1 aliphatic rings. The number of fused-ring (bicyclic) bond motifs is 3. The second kappa shape index (κ2) is 6.75. The summed E-state index contributed by atoms with van der Waals surface area (Å²) in [4.78, 5) is 20.6. The summed E-state index contributed by atoms with van der Waals surface area (Å²) in [7, 11) is 0. The number of halogens is 2. The van der Waals surface area contributed by atoms with E-state index in [1.165, 1.54) is 36.4 Å². The molecule has 0 bridgehead atoms. The van der Waals surface area contributed by atoms with Crippen LogP contribution in [0.2, 0.25) is 0 Å². The van der Waals surface area contributed by atoms with E-state index >= 15 is 0 Å². The summed E-state index contributed by atoms with van der Waals surface area (Å²) in [6.07, 6.45) is 0. The number of hydrogen-bond acceptors (Lipinski definition) is 6. The molecule has 8 nitrogen and oxygen atoms in total. The average molecular weight is 396 g/mol. The van der Waals surface area contributed by atoms with Crippen molar-refractivity contribution in [2.24, 2.45) is 5.10 Å². The van der Waals surface area contributed by atoms with Gasteiger partial charge in [-0.2, -0.15) is 5.10 Å². The van der Waals surface area contributed by atoms with E-state index < -0.39 is 32.9 Å². The van der Waals surface area contributed by atoms with E-state index in [1.54, 1.807) is 0 Å². The van der Waals surface area contributed by atoms with Crippen molar-refractivity contribution >= 4 is 22.8 Å². The summed E-state index contributed by atoms with van der Waals surface area (Å²) >= 11 is 0. The largest absolute Gasteiger partial charge is 0.301 e. The zero-order chi connectivity index (χ0) is 20.7. The molecule has 3 aromatic rings. The van der Waals surface area contributed by atoms with Crippen molar-refractivity contribution in [3.05, 3.63) is 97.6 Å². The topological polar surface area (TPSA) is 111 Å². The fourth-order valence-corrected chi connectivity index (χ4v) is 3.16. The Morgan fingerprint density at radius 3 is 1.86 bits per heavy atom. The third kappa shape index (κ3) is 3.16. The molecule has 0 unspecified atom stereocenters. The van der Waals surface area contributed by atoms with Crippen LogP contribution in [0.5, 0.6) is 0 Å². The smallest absolute Gasteiger partial charge is 0.271 e. The highest BCUT2D eigenvalue weighted by Gasteiger charge is 2.27. The molecule has 1 N–H and O–H groups in total. The van der Waals surface area contributed by atoms with Crippen LogP contribution in [0.4, 0.5) is 25.8 Å². The number of nitrogens with zero attached hydrogens (tertiary/aromatic N) is 3. The summed E-state index contributed by atoms with van der Waals surface area (Å²) in [6.45, 7) is 0. The van der Waals surface area contributed by atoms with Gasteiger partial charge in [0.2, 0.25) is 0 Å². The van der Waals surface area contributed by atoms with Gasteiger partial charge >= 0.3 is 5.69 Å². The van der Waals surface area contributed by atoms with Gasteiger partial charge in [0.15, 0.2) is 0 Å². The van der Waals surface area contributed by atoms with E-state index in [9.17, 15) is 29.0 Å². The lowest BCUT2D eigenvalue weighted by molar-refractivity contribution is -0.393. The van der Waals surface area contributed by atoms with Crippen molar-refractivity contribution in [3.8, 4) is 11.1 Å². The van der Waals surface area contributed by atoms with Gasteiger partial charge in [0.1, 0.15) is 17.3 Å². The Morgan fingerprint density at radius 2 is 1.34 bits per heavy atom. The highest BCUT2D eigenvalue weighted by Crippen LogP contribution is 2.38. The molecule has 0 spiro atoms. The summed E-state index contributed by atoms with van der Waals surface area (Å²) in [5, 5.41) is 26.3. The van der Waals surface area contributed by atoms with Crippen molar-refractivity contribution in [1.82, 2.24) is 0 Å². The fourth-order valence-electron chi connectivity index (χ4n) is 3.16. The minimum Gasteiger partial charge on any atom is -0.271 e. The Kier molecular flexibility index (Phi) is 4.23. The third-order valence-electron chi connectivity index (χ3n) is 4.44. The van der Waals surface area contributed by atoms with Crippen molar-refractivity contribution < 1.29 is 18.6 Å². The molecule has 0 heterocycles. The zero-order valence-corrected chi connectivity index (χ0v) is 14.4. The number of rotatable bonds is 4. The molecule has 0 amide bonds. The van der Waals surface area contributed by atoms with Crippen LogP contribution in [0.15, 0.2) is 59.7 Å². The van der Waals surface area contributed by atoms with Crippen LogP contribution in [0.3, 0.4) is 0 Å². The molecular weight excluding hydrogens is 386 g/mol. The molecular formula is C19H10F2N4O4. The molecule has 0 aromatic heterocycles. The molecule has 10 heteroatoms. The molecule has 0 radical (unpaired) electrons. The quantitative estimate of drug-likeness (QED) is 0.399. The van der Waals surface area contributed by atoms with Crippen LogP contribution in [0, 0.1) is 31.9 Å². The van der Waals surface area contributed by atoms with E-state index in [4.69, 9.17) is 0 Å².